The molecule has 250 valence electrons. The van der Waals surface area contributed by atoms with Gasteiger partial charge in [0.15, 0.2) is 11.7 Å². The van der Waals surface area contributed by atoms with Crippen LogP contribution in [0.5, 0.6) is 0 Å². The van der Waals surface area contributed by atoms with E-state index in [1.807, 2.05) is 41.5 Å². The molecule has 0 N–H and O–H groups in total. The highest BCUT2D eigenvalue weighted by molar-refractivity contribution is 7.09. The van der Waals surface area contributed by atoms with Crippen LogP contribution >= 0.6 is 22.9 Å². The maximum absolute atomic E-state index is 5.09. The Kier molecular flexibility index (Phi) is 14.8. The molecule has 5 heterocycles. The number of oxazole rings is 1. The Morgan fingerprint density at radius 1 is 0.578 bits per heavy atom. The zero-order chi connectivity index (χ0) is 34.5. The summed E-state index contributed by atoms with van der Waals surface area (Å²) >= 11 is 3.08. The van der Waals surface area contributed by atoms with E-state index in [2.05, 4.69) is 112 Å². The second-order valence-electron chi connectivity index (χ2n) is 15.1. The minimum Gasteiger partial charge on any atom is -0.448 e. The van der Waals surface area contributed by atoms with Gasteiger partial charge in [-0.2, -0.15) is 9.36 Å². The van der Waals surface area contributed by atoms with Gasteiger partial charge in [0, 0.05) is 27.1 Å². The molecule has 0 spiro atoms. The van der Waals surface area contributed by atoms with Crippen molar-refractivity contribution in [1.29, 1.82) is 0 Å². The van der Waals surface area contributed by atoms with Crippen molar-refractivity contribution in [2.45, 2.75) is 131 Å². The average molecular weight is 662 g/mol. The van der Waals surface area contributed by atoms with Gasteiger partial charge in [-0.25, -0.2) is 9.97 Å². The van der Waals surface area contributed by atoms with Gasteiger partial charge in [-0.05, 0) is 11.5 Å². The normalized spacial score (nSPS) is 11.9. The smallest absolute Gasteiger partial charge is 0.221 e. The maximum Gasteiger partial charge on any atom is 0.221 e. The first-order valence-corrected chi connectivity index (χ1v) is 16.2. The van der Waals surface area contributed by atoms with Gasteiger partial charge >= 0.3 is 0 Å². The van der Waals surface area contributed by atoms with Crippen molar-refractivity contribution in [2.75, 3.05) is 0 Å². The summed E-state index contributed by atoms with van der Waals surface area (Å²) in [6.07, 6.45) is 7.56. The van der Waals surface area contributed by atoms with Crippen molar-refractivity contribution in [3.8, 4) is 0 Å². The van der Waals surface area contributed by atoms with Crippen LogP contribution in [0, 0.1) is 0 Å². The number of aromatic nitrogens is 9. The van der Waals surface area contributed by atoms with Gasteiger partial charge in [0.2, 0.25) is 18.7 Å². The van der Waals surface area contributed by atoms with E-state index in [-0.39, 0.29) is 27.1 Å². The van der Waals surface area contributed by atoms with Crippen LogP contribution in [0.4, 0.5) is 0 Å². The third-order valence-corrected chi connectivity index (χ3v) is 7.32. The molecule has 0 unspecified atom stereocenters. The molecule has 0 saturated heterocycles. The first-order chi connectivity index (χ1) is 20.5. The van der Waals surface area contributed by atoms with E-state index in [0.29, 0.717) is 5.89 Å². The lowest BCUT2D eigenvalue weighted by atomic mass is 9.96. The fraction of sp³-hybridized carbons (Fsp3) is 0.645. The first kappa shape index (κ1) is 39.6. The average Bonchev–Trinajstić information content (AvgIpc) is 3.75. The fourth-order valence-electron chi connectivity index (χ4n) is 2.60. The summed E-state index contributed by atoms with van der Waals surface area (Å²) in [5, 5.41) is 21.0. The van der Waals surface area contributed by atoms with E-state index in [1.54, 1.807) is 35.6 Å². The molecule has 0 aliphatic rings. The molecule has 0 fully saturated rings. The molecule has 5 aromatic rings. The van der Waals surface area contributed by atoms with Crippen molar-refractivity contribution >= 4 is 22.9 Å². The second-order valence-corrected chi connectivity index (χ2v) is 16.7. The van der Waals surface area contributed by atoms with Crippen LogP contribution in [-0.4, -0.2) is 44.9 Å². The molecule has 14 heteroatoms. The van der Waals surface area contributed by atoms with E-state index in [1.165, 1.54) is 24.3 Å². The number of nitrogens with zero attached hydrogens (tertiary/aromatic N) is 9. The van der Waals surface area contributed by atoms with E-state index < -0.39 is 0 Å². The van der Waals surface area contributed by atoms with Crippen LogP contribution < -0.4 is 0 Å². The molecule has 45 heavy (non-hydrogen) atoms. The number of hydrogen-bond donors (Lipinski definition) is 0. The Hall–Kier alpha value is -3.39. The Balaban J connectivity index is 0.000000281. The van der Waals surface area contributed by atoms with Crippen LogP contribution in [0.25, 0.3) is 0 Å². The summed E-state index contributed by atoms with van der Waals surface area (Å²) in [7, 11) is 0. The minimum atomic E-state index is -0.0174. The van der Waals surface area contributed by atoms with Crippen LogP contribution in [0.1, 0.15) is 131 Å². The Bertz CT molecular complexity index is 1130. The molecule has 5 rings (SSSR count). The van der Waals surface area contributed by atoms with Crippen molar-refractivity contribution < 1.29 is 13.4 Å². The first-order valence-electron chi connectivity index (χ1n) is 14.5. The maximum atomic E-state index is 5.09. The quantitative estimate of drug-likeness (QED) is 0.156. The molecule has 0 aliphatic heterocycles. The third-order valence-electron chi connectivity index (χ3n) is 5.11. The molecule has 0 atom stereocenters. The summed E-state index contributed by atoms with van der Waals surface area (Å²) in [6, 6.07) is 0. The van der Waals surface area contributed by atoms with Gasteiger partial charge in [-0.15, -0.1) is 31.7 Å². The van der Waals surface area contributed by atoms with Crippen LogP contribution in [-0.2, 0) is 27.1 Å². The Labute approximate surface area is 276 Å². The van der Waals surface area contributed by atoms with Crippen molar-refractivity contribution in [3.63, 3.8) is 0 Å². The van der Waals surface area contributed by atoms with Crippen LogP contribution in [0.15, 0.2) is 50.4 Å². The Morgan fingerprint density at radius 2 is 1.20 bits per heavy atom. The zero-order valence-electron chi connectivity index (χ0n) is 29.5. The minimum absolute atomic E-state index is 0.00694. The van der Waals surface area contributed by atoms with E-state index in [4.69, 9.17) is 8.83 Å². The lowest BCUT2D eigenvalue weighted by Gasteiger charge is -2.11. The molecule has 0 aliphatic carbocycles. The summed E-state index contributed by atoms with van der Waals surface area (Å²) in [6.45, 7) is 31.2. The fourth-order valence-corrected chi connectivity index (χ4v) is 3.80. The molecule has 0 saturated carbocycles. The zero-order valence-corrected chi connectivity index (χ0v) is 31.2. The van der Waals surface area contributed by atoms with Gasteiger partial charge in [-0.3, -0.25) is 0 Å². The molecule has 0 radical (unpaired) electrons. The predicted octanol–water partition coefficient (Wildman–Crippen LogP) is 8.38. The van der Waals surface area contributed by atoms with Crippen molar-refractivity contribution in [2.24, 2.45) is 0 Å². The molecule has 5 aromatic heterocycles. The highest BCUT2D eigenvalue weighted by Gasteiger charge is 2.20. The Morgan fingerprint density at radius 3 is 1.42 bits per heavy atom. The van der Waals surface area contributed by atoms with Gasteiger partial charge in [0.05, 0.1) is 6.20 Å². The molecular weight excluding hydrogens is 611 g/mol. The summed E-state index contributed by atoms with van der Waals surface area (Å²) < 4.78 is 18.6. The molecule has 12 nitrogen and oxygen atoms in total. The molecule has 0 amide bonds. The summed E-state index contributed by atoms with van der Waals surface area (Å²) in [5.74, 6) is 2.23. The molecule has 0 aromatic carbocycles. The van der Waals surface area contributed by atoms with Gasteiger partial charge < -0.3 is 13.4 Å². The van der Waals surface area contributed by atoms with Crippen LogP contribution in [0.3, 0.4) is 0 Å². The highest BCUT2D eigenvalue weighted by Crippen LogP contribution is 2.23. The summed E-state index contributed by atoms with van der Waals surface area (Å²) in [4.78, 5) is 12.0. The van der Waals surface area contributed by atoms with E-state index >= 15 is 0 Å². The van der Waals surface area contributed by atoms with Gasteiger partial charge in [0.25, 0.3) is 0 Å². The SMILES string of the molecule is CC(C)(C)c1ncco1.CC(C)(C)c1ncns1.CC(C)(C)c1ncon1.CC(C)(C)c1nnco1.CC(C)(C)c1nncs1. The third kappa shape index (κ3) is 15.9. The number of hydrogen-bond acceptors (Lipinski definition) is 14. The predicted molar refractivity (Wildman–Crippen MR) is 178 cm³/mol. The van der Waals surface area contributed by atoms with Gasteiger partial charge in [0.1, 0.15) is 28.1 Å². The highest BCUT2D eigenvalue weighted by atomic mass is 32.1. The van der Waals surface area contributed by atoms with Crippen LogP contribution in [0.2, 0.25) is 0 Å². The molecule has 0 bridgehead atoms. The van der Waals surface area contributed by atoms with Gasteiger partial charge in [-0.1, -0.05) is 109 Å². The monoisotopic (exact) mass is 661 g/mol. The number of rotatable bonds is 0. The largest absolute Gasteiger partial charge is 0.448 e. The lowest BCUT2D eigenvalue weighted by molar-refractivity contribution is 0.392. The molecular formula is C31H51N9O3S2. The van der Waals surface area contributed by atoms with E-state index in [9.17, 15) is 0 Å². The standard InChI is InChI=1S/C7H11NO.2C6H10N2O.2C6H10N2S/c1-7(2,3)6-8-4-5-9-6;1-6(2,3)5-8-7-4-9-5;1-6(2,3)5-7-4-9-8-5;1-6(2,3)5-8-7-4-9-5;1-6(2,3)5-7-4-8-9-5/h4-5H,1-3H3;4*4H,1-3H3. The second kappa shape index (κ2) is 16.8. The topological polar surface area (TPSA) is 155 Å². The summed E-state index contributed by atoms with van der Waals surface area (Å²) in [5.41, 5.74) is 2.13. The van der Waals surface area contributed by atoms with Crippen molar-refractivity contribution in [3.05, 3.63) is 64.7 Å². The van der Waals surface area contributed by atoms with E-state index in [0.717, 1.165) is 21.7 Å². The van der Waals surface area contributed by atoms with Crippen molar-refractivity contribution in [1.82, 2.24) is 44.9 Å². The lowest BCUT2D eigenvalue weighted by Crippen LogP contribution is -2.12.